The third kappa shape index (κ3) is 4.71. The van der Waals surface area contributed by atoms with Crippen molar-refractivity contribution in [1.82, 2.24) is 9.34 Å². The molecule has 6 heteroatoms. The van der Waals surface area contributed by atoms with E-state index in [-0.39, 0.29) is 0 Å². The van der Waals surface area contributed by atoms with Crippen molar-refractivity contribution in [3.8, 4) is 0 Å². The van der Waals surface area contributed by atoms with Crippen LogP contribution >= 0.6 is 18.2 Å². The maximum absolute atomic E-state index is 7.04. The first-order valence-electron chi connectivity index (χ1n) is 13.1. The SMILES string of the molecule is CC(C)c1cccc(C(C)C)c1[N]([Ge][Cl])C1=C([PH+]2N(C(C)C)CCN2C(C)C)[C@@H]2CC[C@H]1C2. The van der Waals surface area contributed by atoms with Crippen molar-refractivity contribution in [2.24, 2.45) is 11.8 Å². The molecule has 4 rings (SSSR count). The molecule has 0 spiro atoms. The molecule has 1 saturated carbocycles. The quantitative estimate of drug-likeness (QED) is 0.244. The van der Waals surface area contributed by atoms with Crippen LogP contribution in [0.15, 0.2) is 29.2 Å². The molecule has 2 bridgehead atoms. The monoisotopic (exact) mass is 550 g/mol. The number of hydrogen-bond donors (Lipinski definition) is 0. The normalized spacial score (nSPS) is 24.6. The molecule has 0 N–H and O–H groups in total. The van der Waals surface area contributed by atoms with E-state index < -0.39 is 22.9 Å². The Labute approximate surface area is 215 Å². The first-order valence-corrected chi connectivity index (χ1v) is 18.2. The van der Waals surface area contributed by atoms with Crippen LogP contribution in [0.25, 0.3) is 0 Å². The van der Waals surface area contributed by atoms with E-state index in [4.69, 9.17) is 10.0 Å². The molecule has 0 amide bonds. The summed E-state index contributed by atoms with van der Waals surface area (Å²) in [6.07, 6.45) is 4.09. The second kappa shape index (κ2) is 10.5. The third-order valence-electron chi connectivity index (χ3n) is 8.01. The number of benzene rings is 1. The number of allylic oxidation sites excluding steroid dienone is 2. The van der Waals surface area contributed by atoms with E-state index in [9.17, 15) is 0 Å². The Morgan fingerprint density at radius 1 is 0.879 bits per heavy atom. The zero-order valence-corrected chi connectivity index (χ0v) is 25.8. The number of hydrogen-bond acceptors (Lipinski definition) is 3. The van der Waals surface area contributed by atoms with Crippen LogP contribution in [-0.2, 0) is 0 Å². The topological polar surface area (TPSA) is 9.72 Å². The standard InChI is InChI=1S/C27H43ClGeN3P/c1-17(2)23-10-9-11-24(18(3)4)26(23)32(29-28)25-21-12-13-22(16-21)27(25)33-30(19(5)6)14-15-31(33)20(7)8/h9-11,17-22H,12-16H2,1-8H3/p+1/t21-,22+/m0/s1. The fourth-order valence-electron chi connectivity index (χ4n) is 6.41. The summed E-state index contributed by atoms with van der Waals surface area (Å²) in [6, 6.07) is 8.18. The molecule has 1 heterocycles. The van der Waals surface area contributed by atoms with Crippen molar-refractivity contribution < 1.29 is 0 Å². The molecule has 0 aromatic heterocycles. The number of halogens is 1. The second-order valence-corrected chi connectivity index (χ2v) is 15.9. The molecule has 2 fully saturated rings. The molecule has 3 nitrogen and oxygen atoms in total. The van der Waals surface area contributed by atoms with Gasteiger partial charge in [-0.15, -0.1) is 0 Å². The van der Waals surface area contributed by atoms with E-state index >= 15 is 0 Å². The van der Waals surface area contributed by atoms with Gasteiger partial charge < -0.3 is 0 Å². The summed E-state index contributed by atoms with van der Waals surface area (Å²) < 4.78 is 8.44. The molecule has 1 aromatic rings. The van der Waals surface area contributed by atoms with Crippen LogP contribution < -0.4 is 3.86 Å². The van der Waals surface area contributed by atoms with Crippen LogP contribution in [0.3, 0.4) is 0 Å². The molecule has 1 aromatic carbocycles. The van der Waals surface area contributed by atoms with Gasteiger partial charge in [-0.05, 0) is 0 Å². The van der Waals surface area contributed by atoms with Gasteiger partial charge in [0, 0.05) is 0 Å². The summed E-state index contributed by atoms with van der Waals surface area (Å²) >= 11 is -0.784. The Morgan fingerprint density at radius 2 is 1.39 bits per heavy atom. The molecule has 33 heavy (non-hydrogen) atoms. The predicted octanol–water partition coefficient (Wildman–Crippen LogP) is 7.63. The van der Waals surface area contributed by atoms with Gasteiger partial charge in [-0.1, -0.05) is 0 Å². The van der Waals surface area contributed by atoms with E-state index in [1.165, 1.54) is 49.2 Å². The second-order valence-electron chi connectivity index (χ2n) is 11.4. The van der Waals surface area contributed by atoms with Crippen LogP contribution in [-0.4, -0.2) is 49.2 Å². The maximum atomic E-state index is 7.04. The van der Waals surface area contributed by atoms with Gasteiger partial charge in [0.1, 0.15) is 0 Å². The van der Waals surface area contributed by atoms with Gasteiger partial charge in [-0.25, -0.2) is 0 Å². The van der Waals surface area contributed by atoms with Crippen LogP contribution in [0.4, 0.5) is 5.69 Å². The van der Waals surface area contributed by atoms with Crippen molar-refractivity contribution in [1.29, 1.82) is 0 Å². The summed E-state index contributed by atoms with van der Waals surface area (Å²) in [7, 11) is 6.14. The van der Waals surface area contributed by atoms with Gasteiger partial charge in [0.25, 0.3) is 0 Å². The predicted molar refractivity (Wildman–Crippen MR) is 149 cm³/mol. The average molecular weight is 550 g/mol. The number of para-hydroxylation sites is 1. The fraction of sp³-hybridized carbons (Fsp3) is 0.704. The van der Waals surface area contributed by atoms with Gasteiger partial charge in [-0.2, -0.15) is 0 Å². The van der Waals surface area contributed by atoms with Crippen LogP contribution in [0, 0.1) is 11.8 Å². The number of fused-ring (bicyclic) bond motifs is 2. The minimum atomic E-state index is -0.904. The molecule has 2 atom stereocenters. The number of anilines is 1. The van der Waals surface area contributed by atoms with Crippen molar-refractivity contribution in [2.45, 2.75) is 98.6 Å². The zero-order valence-electron chi connectivity index (χ0n) is 22.0. The van der Waals surface area contributed by atoms with Crippen LogP contribution in [0.1, 0.15) is 97.6 Å². The molecule has 3 aliphatic rings. The molecule has 2 radical (unpaired) electrons. The summed E-state index contributed by atoms with van der Waals surface area (Å²) in [5, 5.41) is 1.83. The van der Waals surface area contributed by atoms with Gasteiger partial charge >= 0.3 is 216 Å². The van der Waals surface area contributed by atoms with Crippen molar-refractivity contribution in [3.63, 3.8) is 0 Å². The molecular formula is C27H44ClGeN3P+. The van der Waals surface area contributed by atoms with E-state index in [0.29, 0.717) is 29.8 Å². The average Bonchev–Trinajstić information content (AvgIpc) is 3.48. The molecule has 2 aliphatic carbocycles. The molecule has 0 unspecified atom stereocenters. The van der Waals surface area contributed by atoms with Crippen molar-refractivity contribution >= 4 is 38.6 Å². The van der Waals surface area contributed by atoms with E-state index in [0.717, 1.165) is 5.92 Å². The molecule has 182 valence electrons. The van der Waals surface area contributed by atoms with Crippen LogP contribution in [0.2, 0.25) is 0 Å². The fourth-order valence-corrected chi connectivity index (χ4v) is 12.8. The van der Waals surface area contributed by atoms with Gasteiger partial charge in [0.2, 0.25) is 0 Å². The summed E-state index contributed by atoms with van der Waals surface area (Å²) in [5.41, 5.74) is 6.09. The first kappa shape index (κ1) is 26.0. The Kier molecular flexibility index (Phi) is 8.29. The molecular weight excluding hydrogens is 505 g/mol. The van der Waals surface area contributed by atoms with Gasteiger partial charge in [-0.3, -0.25) is 0 Å². The van der Waals surface area contributed by atoms with Crippen molar-refractivity contribution in [2.75, 3.05) is 16.9 Å². The van der Waals surface area contributed by atoms with Crippen LogP contribution in [0.5, 0.6) is 0 Å². The van der Waals surface area contributed by atoms with E-state index in [2.05, 4.69) is 86.8 Å². The van der Waals surface area contributed by atoms with Crippen molar-refractivity contribution in [3.05, 3.63) is 40.3 Å². The Balaban J connectivity index is 1.92. The van der Waals surface area contributed by atoms with E-state index in [1.54, 1.807) is 5.70 Å². The summed E-state index contributed by atoms with van der Waals surface area (Å²) in [5.74, 6) is 2.47. The number of nitrogens with zero attached hydrogens (tertiary/aromatic N) is 3. The first-order chi connectivity index (χ1) is 15.7. The summed E-state index contributed by atoms with van der Waals surface area (Å²) in [6.45, 7) is 21.4. The Bertz CT molecular complexity index is 842. The third-order valence-corrected chi connectivity index (χ3v) is 13.9. The molecule has 1 saturated heterocycles. The van der Waals surface area contributed by atoms with Gasteiger partial charge in [0.15, 0.2) is 0 Å². The van der Waals surface area contributed by atoms with Gasteiger partial charge in [0.05, 0.1) is 0 Å². The minimum absolute atomic E-state index is 0.499. The van der Waals surface area contributed by atoms with E-state index in [1.807, 2.05) is 5.31 Å². The molecule has 1 aliphatic heterocycles. The zero-order chi connectivity index (χ0) is 24.0. The number of rotatable bonds is 8. The summed E-state index contributed by atoms with van der Waals surface area (Å²) in [4.78, 5) is 0. The Morgan fingerprint density at radius 3 is 1.85 bits per heavy atom. The Hall–Kier alpha value is -0.0571.